The Hall–Kier alpha value is -0.970. The first-order valence-electron chi connectivity index (χ1n) is 8.60. The van der Waals surface area contributed by atoms with E-state index in [9.17, 15) is 0 Å². The highest BCUT2D eigenvalue weighted by Crippen LogP contribution is 2.24. The Kier molecular flexibility index (Phi) is 5.36. The zero-order valence-corrected chi connectivity index (χ0v) is 14.4. The molecule has 5 heteroatoms. The lowest BCUT2D eigenvalue weighted by atomic mass is 9.98. The van der Waals surface area contributed by atoms with Crippen LogP contribution in [0.1, 0.15) is 78.6 Å². The zero-order chi connectivity index (χ0) is 15.5. The molecule has 1 aliphatic heterocycles. The molecule has 5 nitrogen and oxygen atoms in total. The summed E-state index contributed by atoms with van der Waals surface area (Å²) in [4.78, 5) is 1.67. The second kappa shape index (κ2) is 6.86. The van der Waals surface area contributed by atoms with E-state index in [1.165, 1.54) is 38.8 Å². The predicted octanol–water partition coefficient (Wildman–Crippen LogP) is 1.97. The van der Waals surface area contributed by atoms with Gasteiger partial charge in [0, 0.05) is 5.92 Å². The second-order valence-electron chi connectivity index (χ2n) is 7.41. The van der Waals surface area contributed by atoms with E-state index < -0.39 is 0 Å². The van der Waals surface area contributed by atoms with Gasteiger partial charge in [-0.3, -0.25) is 0 Å². The van der Waals surface area contributed by atoms with Crippen LogP contribution >= 0.6 is 0 Å². The standard InChI is InChI=1S/C16H31N5/c1-6-16(4,5)21-15(17-18-19-21)14(13(2)3)20-11-9-7-8-10-12-20/h13-14H,6-12H2,1-5H3/p+1/t14-/m1/s1. The van der Waals surface area contributed by atoms with E-state index in [1.54, 1.807) is 4.90 Å². The molecule has 0 radical (unpaired) electrons. The van der Waals surface area contributed by atoms with Crippen molar-refractivity contribution in [3.8, 4) is 0 Å². The number of hydrogen-bond donors (Lipinski definition) is 1. The molecular formula is C16H32N5+. The van der Waals surface area contributed by atoms with Crippen LogP contribution in [0.25, 0.3) is 0 Å². The number of likely N-dealkylation sites (tertiary alicyclic amines) is 1. The third-order valence-electron chi connectivity index (χ3n) is 5.06. The highest BCUT2D eigenvalue weighted by atomic mass is 15.6. The summed E-state index contributed by atoms with van der Waals surface area (Å²) in [5.74, 6) is 1.63. The van der Waals surface area contributed by atoms with Crippen LogP contribution in [0.4, 0.5) is 0 Å². The van der Waals surface area contributed by atoms with Crippen molar-refractivity contribution >= 4 is 0 Å². The van der Waals surface area contributed by atoms with Gasteiger partial charge in [0.2, 0.25) is 5.82 Å². The van der Waals surface area contributed by atoms with Crippen molar-refractivity contribution in [2.24, 2.45) is 5.92 Å². The summed E-state index contributed by atoms with van der Waals surface area (Å²) in [5.41, 5.74) is -0.0166. The SMILES string of the molecule is CCC(C)(C)n1nnnc1[C@@H](C(C)C)[NH+]1CCCCCC1. The first-order chi connectivity index (χ1) is 9.97. The summed E-state index contributed by atoms with van der Waals surface area (Å²) in [7, 11) is 0. The number of tetrazole rings is 1. The summed E-state index contributed by atoms with van der Waals surface area (Å²) in [6.07, 6.45) is 6.44. The van der Waals surface area contributed by atoms with E-state index in [1.807, 2.05) is 0 Å². The van der Waals surface area contributed by atoms with Gasteiger partial charge < -0.3 is 4.90 Å². The van der Waals surface area contributed by atoms with Crippen LogP contribution in [-0.4, -0.2) is 33.3 Å². The zero-order valence-electron chi connectivity index (χ0n) is 14.4. The fourth-order valence-corrected chi connectivity index (χ4v) is 3.41. The topological polar surface area (TPSA) is 48.0 Å². The van der Waals surface area contributed by atoms with Crippen molar-refractivity contribution in [1.82, 2.24) is 20.2 Å². The van der Waals surface area contributed by atoms with Crippen LogP contribution in [0.3, 0.4) is 0 Å². The minimum atomic E-state index is -0.0166. The Morgan fingerprint density at radius 2 is 1.76 bits per heavy atom. The number of rotatable bonds is 5. The fraction of sp³-hybridized carbons (Fsp3) is 0.938. The molecule has 2 heterocycles. The summed E-state index contributed by atoms with van der Waals surface area (Å²) in [6, 6.07) is 0.406. The Labute approximate surface area is 129 Å². The molecule has 21 heavy (non-hydrogen) atoms. The molecule has 1 saturated heterocycles. The van der Waals surface area contributed by atoms with Crippen LogP contribution in [0.5, 0.6) is 0 Å². The molecule has 1 aliphatic rings. The Morgan fingerprint density at radius 3 is 2.29 bits per heavy atom. The molecule has 0 spiro atoms. The maximum absolute atomic E-state index is 4.44. The molecule has 0 aliphatic carbocycles. The summed E-state index contributed by atoms with van der Waals surface area (Å²) in [5, 5.41) is 12.8. The van der Waals surface area contributed by atoms with Crippen LogP contribution < -0.4 is 4.90 Å². The lowest BCUT2D eigenvalue weighted by Gasteiger charge is -2.32. The van der Waals surface area contributed by atoms with Gasteiger partial charge >= 0.3 is 0 Å². The van der Waals surface area contributed by atoms with Gasteiger partial charge in [-0.2, -0.15) is 0 Å². The Morgan fingerprint density at radius 1 is 1.14 bits per heavy atom. The Balaban J connectivity index is 2.32. The molecule has 1 aromatic rings. The molecule has 1 aromatic heterocycles. The number of nitrogens with zero attached hydrogens (tertiary/aromatic N) is 4. The largest absolute Gasteiger partial charge is 0.326 e. The van der Waals surface area contributed by atoms with Crippen molar-refractivity contribution in [2.75, 3.05) is 13.1 Å². The smallest absolute Gasteiger partial charge is 0.210 e. The molecule has 1 atom stereocenters. The molecule has 0 aromatic carbocycles. The van der Waals surface area contributed by atoms with Crippen molar-refractivity contribution in [1.29, 1.82) is 0 Å². The number of quaternary nitrogens is 1. The predicted molar refractivity (Wildman–Crippen MR) is 84.2 cm³/mol. The van der Waals surface area contributed by atoms with Gasteiger partial charge in [0.25, 0.3) is 0 Å². The lowest BCUT2D eigenvalue weighted by Crippen LogP contribution is -3.12. The van der Waals surface area contributed by atoms with Crippen LogP contribution in [-0.2, 0) is 5.54 Å². The first-order valence-corrected chi connectivity index (χ1v) is 8.60. The van der Waals surface area contributed by atoms with E-state index in [0.717, 1.165) is 12.2 Å². The fourth-order valence-electron chi connectivity index (χ4n) is 3.41. The first kappa shape index (κ1) is 16.4. The molecule has 0 amide bonds. The minimum Gasteiger partial charge on any atom is -0.326 e. The maximum atomic E-state index is 4.44. The Bertz CT molecular complexity index is 430. The molecule has 0 saturated carbocycles. The number of hydrogen-bond acceptors (Lipinski definition) is 3. The normalized spacial score (nSPS) is 19.7. The average molecular weight is 294 g/mol. The highest BCUT2D eigenvalue weighted by Gasteiger charge is 2.36. The number of nitrogens with one attached hydrogen (secondary N) is 1. The van der Waals surface area contributed by atoms with Crippen molar-refractivity contribution < 1.29 is 4.90 Å². The molecule has 0 unspecified atom stereocenters. The minimum absolute atomic E-state index is 0.0166. The van der Waals surface area contributed by atoms with E-state index >= 15 is 0 Å². The third kappa shape index (κ3) is 3.62. The molecule has 1 fully saturated rings. The van der Waals surface area contributed by atoms with Crippen molar-refractivity contribution in [2.45, 2.75) is 78.3 Å². The molecule has 0 bridgehead atoms. The summed E-state index contributed by atoms with van der Waals surface area (Å²) < 4.78 is 2.08. The van der Waals surface area contributed by atoms with Crippen molar-refractivity contribution in [3.05, 3.63) is 5.82 Å². The van der Waals surface area contributed by atoms with Gasteiger partial charge in [0.15, 0.2) is 6.04 Å². The summed E-state index contributed by atoms with van der Waals surface area (Å²) >= 11 is 0. The monoisotopic (exact) mass is 294 g/mol. The van der Waals surface area contributed by atoms with Crippen LogP contribution in [0, 0.1) is 5.92 Å². The van der Waals surface area contributed by atoms with Gasteiger partial charge in [-0.25, -0.2) is 4.68 Å². The number of aromatic nitrogens is 4. The van der Waals surface area contributed by atoms with Gasteiger partial charge in [-0.1, -0.05) is 20.8 Å². The van der Waals surface area contributed by atoms with E-state index in [0.29, 0.717) is 12.0 Å². The van der Waals surface area contributed by atoms with Gasteiger partial charge in [-0.15, -0.1) is 5.10 Å². The maximum Gasteiger partial charge on any atom is 0.210 e. The quantitative estimate of drug-likeness (QED) is 0.903. The molecule has 1 N–H and O–H groups in total. The molecule has 120 valence electrons. The van der Waals surface area contributed by atoms with Crippen molar-refractivity contribution in [3.63, 3.8) is 0 Å². The van der Waals surface area contributed by atoms with Gasteiger partial charge in [0.05, 0.1) is 18.6 Å². The molecular weight excluding hydrogens is 262 g/mol. The van der Waals surface area contributed by atoms with Gasteiger partial charge in [-0.05, 0) is 56.4 Å². The molecule has 2 rings (SSSR count). The van der Waals surface area contributed by atoms with E-state index in [4.69, 9.17) is 0 Å². The van der Waals surface area contributed by atoms with Crippen LogP contribution in [0.15, 0.2) is 0 Å². The van der Waals surface area contributed by atoms with Gasteiger partial charge in [0.1, 0.15) is 0 Å². The van der Waals surface area contributed by atoms with Crippen LogP contribution in [0.2, 0.25) is 0 Å². The van der Waals surface area contributed by atoms with E-state index in [2.05, 4.69) is 54.8 Å². The summed E-state index contributed by atoms with van der Waals surface area (Å²) in [6.45, 7) is 13.8. The highest BCUT2D eigenvalue weighted by molar-refractivity contribution is 4.94. The van der Waals surface area contributed by atoms with E-state index in [-0.39, 0.29) is 5.54 Å². The lowest BCUT2D eigenvalue weighted by molar-refractivity contribution is -0.935. The average Bonchev–Trinajstić information content (AvgIpc) is 2.76. The second-order valence-corrected chi connectivity index (χ2v) is 7.41. The third-order valence-corrected chi connectivity index (χ3v) is 5.06.